The molecule has 0 spiro atoms. The molecule has 0 bridgehead atoms. The summed E-state index contributed by atoms with van der Waals surface area (Å²) in [5, 5.41) is 0. The highest BCUT2D eigenvalue weighted by Gasteiger charge is 2.03. The molecule has 0 saturated carbocycles. The molecular formula is C22H44O2S. The van der Waals surface area contributed by atoms with Crippen LogP contribution in [-0.2, 0) is 8.98 Å². The van der Waals surface area contributed by atoms with Gasteiger partial charge in [-0.05, 0) is 12.8 Å². The van der Waals surface area contributed by atoms with E-state index in [1.807, 2.05) is 0 Å². The Kier molecular flexibility index (Phi) is 21.7. The van der Waals surface area contributed by atoms with Crippen LogP contribution in [0.2, 0.25) is 0 Å². The van der Waals surface area contributed by atoms with Crippen LogP contribution in [-0.4, -0.2) is 11.7 Å². The third-order valence-corrected chi connectivity index (χ3v) is 5.48. The summed E-state index contributed by atoms with van der Waals surface area (Å²) in [7, 11) is 0. The molecule has 0 unspecified atom stereocenters. The molecule has 0 aromatic rings. The van der Waals surface area contributed by atoms with Gasteiger partial charge < -0.3 is 4.18 Å². The standard InChI is InChI=1S/C22H44O2S/c1-3-5-7-9-11-13-15-17-19-21-25-24-22(23)20-18-16-14-12-10-8-6-4-2/h3-21H2,1-2H3. The molecule has 25 heavy (non-hydrogen) atoms. The van der Waals surface area contributed by atoms with Crippen LogP contribution in [0.4, 0.5) is 0 Å². The summed E-state index contributed by atoms with van der Waals surface area (Å²) >= 11 is 1.36. The number of rotatable bonds is 20. The van der Waals surface area contributed by atoms with Gasteiger partial charge >= 0.3 is 5.97 Å². The van der Waals surface area contributed by atoms with Gasteiger partial charge in [-0.2, -0.15) is 0 Å². The molecule has 150 valence electrons. The average molecular weight is 373 g/mol. The summed E-state index contributed by atoms with van der Waals surface area (Å²) in [5.41, 5.74) is 0. The van der Waals surface area contributed by atoms with Gasteiger partial charge in [-0.3, -0.25) is 4.79 Å². The highest BCUT2D eigenvalue weighted by atomic mass is 32.2. The van der Waals surface area contributed by atoms with E-state index in [0.29, 0.717) is 6.42 Å². The fraction of sp³-hybridized carbons (Fsp3) is 0.955. The second-order valence-corrected chi connectivity index (χ2v) is 8.14. The van der Waals surface area contributed by atoms with E-state index in [2.05, 4.69) is 13.8 Å². The number of carbonyl (C=O) groups excluding carboxylic acids is 1. The Morgan fingerprint density at radius 2 is 1.00 bits per heavy atom. The molecular weight excluding hydrogens is 328 g/mol. The molecule has 0 rings (SSSR count). The van der Waals surface area contributed by atoms with Crippen LogP contribution in [0, 0.1) is 0 Å². The fourth-order valence-electron chi connectivity index (χ4n) is 3.02. The van der Waals surface area contributed by atoms with E-state index < -0.39 is 0 Å². The van der Waals surface area contributed by atoms with Crippen LogP contribution in [0.15, 0.2) is 0 Å². The minimum absolute atomic E-state index is 0.0214. The normalized spacial score (nSPS) is 11.0. The number of hydrogen-bond donors (Lipinski definition) is 0. The molecule has 0 fully saturated rings. The third kappa shape index (κ3) is 21.8. The molecule has 0 amide bonds. The zero-order chi connectivity index (χ0) is 18.4. The van der Waals surface area contributed by atoms with Crippen molar-refractivity contribution in [1.29, 1.82) is 0 Å². The lowest BCUT2D eigenvalue weighted by atomic mass is 10.1. The lowest BCUT2D eigenvalue weighted by Gasteiger charge is -2.04. The van der Waals surface area contributed by atoms with E-state index in [1.165, 1.54) is 115 Å². The molecule has 0 heterocycles. The zero-order valence-corrected chi connectivity index (χ0v) is 18.0. The van der Waals surface area contributed by atoms with E-state index in [-0.39, 0.29) is 5.97 Å². The van der Waals surface area contributed by atoms with Gasteiger partial charge in [-0.25, -0.2) is 0 Å². The summed E-state index contributed by atoms with van der Waals surface area (Å²) < 4.78 is 5.25. The quantitative estimate of drug-likeness (QED) is 0.159. The molecule has 0 aliphatic rings. The van der Waals surface area contributed by atoms with Gasteiger partial charge in [0.1, 0.15) is 0 Å². The van der Waals surface area contributed by atoms with Crippen molar-refractivity contribution in [2.24, 2.45) is 0 Å². The molecule has 0 aromatic carbocycles. The van der Waals surface area contributed by atoms with Gasteiger partial charge in [0.05, 0.1) is 12.0 Å². The van der Waals surface area contributed by atoms with Crippen LogP contribution >= 0.6 is 12.0 Å². The molecule has 2 nitrogen and oxygen atoms in total. The summed E-state index contributed by atoms with van der Waals surface area (Å²) in [6.07, 6.45) is 22.8. The zero-order valence-electron chi connectivity index (χ0n) is 17.2. The van der Waals surface area contributed by atoms with Crippen molar-refractivity contribution >= 4 is 18.0 Å². The van der Waals surface area contributed by atoms with Crippen molar-refractivity contribution in [2.45, 2.75) is 129 Å². The minimum atomic E-state index is -0.0214. The van der Waals surface area contributed by atoms with Crippen molar-refractivity contribution in [3.8, 4) is 0 Å². The molecule has 0 aliphatic heterocycles. The molecule has 0 radical (unpaired) electrons. The van der Waals surface area contributed by atoms with Crippen LogP contribution < -0.4 is 0 Å². The van der Waals surface area contributed by atoms with Crippen molar-refractivity contribution in [3.63, 3.8) is 0 Å². The number of unbranched alkanes of at least 4 members (excludes halogenated alkanes) is 15. The number of carbonyl (C=O) groups is 1. The smallest absolute Gasteiger partial charge is 0.317 e. The molecule has 0 saturated heterocycles. The Morgan fingerprint density at radius 1 is 0.600 bits per heavy atom. The van der Waals surface area contributed by atoms with Gasteiger partial charge in [0.25, 0.3) is 0 Å². The first kappa shape index (κ1) is 24.8. The summed E-state index contributed by atoms with van der Waals surface area (Å²) in [5.74, 6) is 0.936. The maximum atomic E-state index is 11.6. The Morgan fingerprint density at radius 3 is 1.48 bits per heavy atom. The molecule has 0 atom stereocenters. The van der Waals surface area contributed by atoms with E-state index >= 15 is 0 Å². The van der Waals surface area contributed by atoms with Gasteiger partial charge in [0.2, 0.25) is 0 Å². The Hall–Kier alpha value is -0.180. The summed E-state index contributed by atoms with van der Waals surface area (Å²) in [6.45, 7) is 4.51. The maximum Gasteiger partial charge on any atom is 0.317 e. The summed E-state index contributed by atoms with van der Waals surface area (Å²) in [6, 6.07) is 0. The van der Waals surface area contributed by atoms with Crippen molar-refractivity contribution in [2.75, 3.05) is 5.75 Å². The van der Waals surface area contributed by atoms with Gasteiger partial charge in [0, 0.05) is 12.2 Å². The van der Waals surface area contributed by atoms with E-state index in [1.54, 1.807) is 0 Å². The van der Waals surface area contributed by atoms with Crippen LogP contribution in [0.5, 0.6) is 0 Å². The van der Waals surface area contributed by atoms with Crippen molar-refractivity contribution in [1.82, 2.24) is 0 Å². The van der Waals surface area contributed by atoms with Crippen LogP contribution in [0.25, 0.3) is 0 Å². The highest BCUT2D eigenvalue weighted by molar-refractivity contribution is 7.95. The first-order valence-electron chi connectivity index (χ1n) is 11.1. The average Bonchev–Trinajstić information content (AvgIpc) is 2.62. The topological polar surface area (TPSA) is 26.3 Å². The first-order chi connectivity index (χ1) is 12.3. The lowest BCUT2D eigenvalue weighted by molar-refractivity contribution is -0.133. The van der Waals surface area contributed by atoms with Crippen LogP contribution in [0.1, 0.15) is 129 Å². The minimum Gasteiger partial charge on any atom is -0.391 e. The monoisotopic (exact) mass is 372 g/mol. The SMILES string of the molecule is CCCCCCCCCCCSOC(=O)CCCCCCCCCC. The second-order valence-electron chi connectivity index (χ2n) is 7.33. The first-order valence-corrected chi connectivity index (χ1v) is 12.0. The Bertz CT molecular complexity index is 269. The van der Waals surface area contributed by atoms with Gasteiger partial charge in [0.15, 0.2) is 0 Å². The second kappa shape index (κ2) is 21.9. The third-order valence-electron chi connectivity index (χ3n) is 4.72. The largest absolute Gasteiger partial charge is 0.391 e. The highest BCUT2D eigenvalue weighted by Crippen LogP contribution is 2.14. The van der Waals surface area contributed by atoms with Gasteiger partial charge in [-0.1, -0.05) is 110 Å². The van der Waals surface area contributed by atoms with Crippen molar-refractivity contribution < 1.29 is 8.98 Å². The number of hydrogen-bond acceptors (Lipinski definition) is 3. The predicted molar refractivity (Wildman–Crippen MR) is 113 cm³/mol. The molecule has 0 aliphatic carbocycles. The van der Waals surface area contributed by atoms with Crippen molar-refractivity contribution in [3.05, 3.63) is 0 Å². The summed E-state index contributed by atoms with van der Waals surface area (Å²) in [4.78, 5) is 11.6. The van der Waals surface area contributed by atoms with Gasteiger partial charge in [-0.15, -0.1) is 0 Å². The lowest BCUT2D eigenvalue weighted by Crippen LogP contribution is -1.99. The maximum absolute atomic E-state index is 11.6. The molecule has 0 N–H and O–H groups in total. The van der Waals surface area contributed by atoms with E-state index in [4.69, 9.17) is 4.18 Å². The molecule has 0 aromatic heterocycles. The predicted octanol–water partition coefficient (Wildman–Crippen LogP) is 8.24. The van der Waals surface area contributed by atoms with Crippen LogP contribution in [0.3, 0.4) is 0 Å². The van der Waals surface area contributed by atoms with E-state index in [0.717, 1.165) is 12.2 Å². The Labute approximate surface area is 162 Å². The molecule has 3 heteroatoms. The Balaban J connectivity index is 3.13. The van der Waals surface area contributed by atoms with E-state index in [9.17, 15) is 4.79 Å². The fourth-order valence-corrected chi connectivity index (χ4v) is 3.64.